The number of fused-ring (bicyclic) bond motifs is 9. The summed E-state index contributed by atoms with van der Waals surface area (Å²) in [7, 11) is 3.31. The van der Waals surface area contributed by atoms with E-state index in [0.29, 0.717) is 78.9 Å². The van der Waals surface area contributed by atoms with Gasteiger partial charge in [-0.3, -0.25) is 9.59 Å². The van der Waals surface area contributed by atoms with Crippen LogP contribution in [0.3, 0.4) is 0 Å². The number of H-pyrrole nitrogens is 1. The fraction of sp³-hybridized carbons (Fsp3) is 0.404. The molecule has 0 spiro atoms. The lowest BCUT2D eigenvalue weighted by molar-refractivity contribution is -0.114. The van der Waals surface area contributed by atoms with Crippen LogP contribution < -0.4 is 16.2 Å². The minimum Gasteiger partial charge on any atom is -0.508 e. The Morgan fingerprint density at radius 2 is 1.69 bits per heavy atom. The van der Waals surface area contributed by atoms with Gasteiger partial charge in [0.1, 0.15) is 5.75 Å². The number of aromatic nitrogens is 1. The number of ether oxygens (including phenoxy) is 1. The van der Waals surface area contributed by atoms with Crippen LogP contribution in [-0.4, -0.2) is 73.3 Å². The quantitative estimate of drug-likeness (QED) is 0.0375. The maximum Gasteiger partial charge on any atom is 0.165 e. The van der Waals surface area contributed by atoms with Gasteiger partial charge in [-0.15, -0.1) is 0 Å². The molecule has 2 aliphatic carbocycles. The Balaban J connectivity index is 1.12. The molecule has 10 N–H and O–H groups in total. The van der Waals surface area contributed by atoms with Crippen molar-refractivity contribution in [2.75, 3.05) is 19.0 Å². The SMILES string of the molecule is NC(N)c1cc2c3cc1CSSCC1CC(CCC(CCc4ccccc4)CC(O)CO)(C=CC(=O)CCc4ccc(O)c(c4)OCCc4ccc(O)c(c4)C3CC(=O)c3cc[nH]c3CC#C2)CC1O. The maximum absolute atomic E-state index is 14.2. The summed E-state index contributed by atoms with van der Waals surface area (Å²) < 4.78 is 6.16. The van der Waals surface area contributed by atoms with Gasteiger partial charge in [-0.25, -0.2) is 0 Å². The Morgan fingerprint density at radius 1 is 0.886 bits per heavy atom. The van der Waals surface area contributed by atoms with Gasteiger partial charge in [-0.2, -0.15) is 0 Å². The Bertz CT molecular complexity index is 2710. The number of allylic oxidation sites excluding steroid dienone is 2. The number of aliphatic hydroxyl groups is 3. The highest BCUT2D eigenvalue weighted by Gasteiger charge is 2.43. The van der Waals surface area contributed by atoms with E-state index in [1.807, 2.05) is 48.5 Å². The summed E-state index contributed by atoms with van der Waals surface area (Å²) >= 11 is 0. The lowest BCUT2D eigenvalue weighted by Crippen LogP contribution is -2.22. The molecule has 3 aliphatic rings. The number of aromatic amines is 1. The lowest BCUT2D eigenvalue weighted by Gasteiger charge is -2.29. The number of hydrogen-bond acceptors (Lipinski definition) is 12. The van der Waals surface area contributed by atoms with Crippen LogP contribution in [0.2, 0.25) is 0 Å². The highest BCUT2D eigenvalue weighted by molar-refractivity contribution is 8.76. The van der Waals surface area contributed by atoms with Crippen molar-refractivity contribution in [3.05, 3.63) is 159 Å². The van der Waals surface area contributed by atoms with Gasteiger partial charge in [0.25, 0.3) is 0 Å². The van der Waals surface area contributed by atoms with E-state index < -0.39 is 29.7 Å². The highest BCUT2D eigenvalue weighted by Crippen LogP contribution is 2.50. The van der Waals surface area contributed by atoms with Gasteiger partial charge >= 0.3 is 0 Å². The van der Waals surface area contributed by atoms with Crippen LogP contribution in [0.15, 0.2) is 103 Å². The Labute approximate surface area is 418 Å². The molecule has 8 bridgehead atoms. The zero-order valence-corrected chi connectivity index (χ0v) is 41.2. The molecule has 2 heterocycles. The van der Waals surface area contributed by atoms with E-state index in [0.717, 1.165) is 52.8 Å². The number of phenolic OH excluding ortho intramolecular Hbond substituents is 2. The zero-order chi connectivity index (χ0) is 49.2. The van der Waals surface area contributed by atoms with Crippen molar-refractivity contribution in [1.29, 1.82) is 0 Å². The number of rotatable bonds is 10. The van der Waals surface area contributed by atoms with Gasteiger partial charge in [0.15, 0.2) is 23.1 Å². The summed E-state index contributed by atoms with van der Waals surface area (Å²) in [5, 5.41) is 54.6. The molecule has 8 rings (SSSR count). The standard InChI is InChI=1S/C57H65N3O8S2/c58-56(59)47-28-40-7-4-8-50-45(19-23-60-50)53(66)30-48-46(40)29-41(47)34-69-70-35-42-31-57(32-54(42)67,21-17-38(25-44(63)33-61)10-9-36-5-2-1-3-6-36)22-18-43(62)14-11-37-13-16-52(65)55(27-37)68-24-20-39-12-15-51(64)49(48)26-39/h1-3,5-6,12-13,15-16,18-19,22-23,26-29,38,42,44,48,54,56,60-61,63-65,67H,8-11,14,17,20-21,24-25,30-35,58-59H2. The molecule has 13 heteroatoms. The van der Waals surface area contributed by atoms with Crippen molar-refractivity contribution in [1.82, 2.24) is 4.98 Å². The average Bonchev–Trinajstić information content (AvgIpc) is 3.96. The number of nitrogens with two attached hydrogens (primary N) is 2. The van der Waals surface area contributed by atoms with Crippen molar-refractivity contribution in [3.63, 3.8) is 0 Å². The third-order valence-electron chi connectivity index (χ3n) is 14.4. The van der Waals surface area contributed by atoms with E-state index in [1.165, 1.54) is 5.56 Å². The lowest BCUT2D eigenvalue weighted by atomic mass is 9.76. The molecule has 0 saturated heterocycles. The smallest absolute Gasteiger partial charge is 0.165 e. The van der Waals surface area contributed by atoms with Crippen LogP contribution in [0.5, 0.6) is 17.2 Å². The van der Waals surface area contributed by atoms with Crippen LogP contribution in [0.4, 0.5) is 0 Å². The van der Waals surface area contributed by atoms with E-state index in [4.69, 9.17) is 16.2 Å². The summed E-state index contributed by atoms with van der Waals surface area (Å²) in [4.78, 5) is 31.1. The van der Waals surface area contributed by atoms with E-state index in [2.05, 4.69) is 29.0 Å². The first-order chi connectivity index (χ1) is 33.9. The van der Waals surface area contributed by atoms with Gasteiger partial charge in [-0.05, 0) is 138 Å². The summed E-state index contributed by atoms with van der Waals surface area (Å²) in [5.74, 6) is 7.48. The van der Waals surface area contributed by atoms with E-state index in [1.54, 1.807) is 64.2 Å². The third kappa shape index (κ3) is 13.0. The number of carbonyl (C=O) groups excluding carboxylic acids is 2. The van der Waals surface area contributed by atoms with Gasteiger partial charge in [-0.1, -0.05) is 94.1 Å². The fourth-order valence-electron chi connectivity index (χ4n) is 10.5. The molecule has 1 saturated carbocycles. The second-order valence-electron chi connectivity index (χ2n) is 19.4. The van der Waals surface area contributed by atoms with Crippen LogP contribution in [0.1, 0.15) is 124 Å². The number of aliphatic hydroxyl groups excluding tert-OH is 3. The monoisotopic (exact) mass is 983 g/mol. The van der Waals surface area contributed by atoms with Gasteiger partial charge in [0.05, 0.1) is 38.0 Å². The molecule has 4 aromatic carbocycles. The van der Waals surface area contributed by atoms with E-state index in [-0.39, 0.29) is 61.0 Å². The second-order valence-corrected chi connectivity index (χ2v) is 21.9. The number of Topliss-reactive ketones (excluding diaryl/α,β-unsaturated/α-hetero) is 1. The van der Waals surface area contributed by atoms with Gasteiger partial charge in [0, 0.05) is 65.3 Å². The van der Waals surface area contributed by atoms with Crippen molar-refractivity contribution in [2.45, 2.75) is 107 Å². The zero-order valence-electron chi connectivity index (χ0n) is 39.5. The summed E-state index contributed by atoms with van der Waals surface area (Å²) in [6.07, 6.45) is 9.51. The number of carbonyl (C=O) groups is 2. The summed E-state index contributed by atoms with van der Waals surface area (Å²) in [6, 6.07) is 26.5. The molecule has 6 unspecified atom stereocenters. The molecule has 1 aromatic heterocycles. The minimum atomic E-state index is -0.832. The Kier molecular flexibility index (Phi) is 17.3. The fourth-order valence-corrected chi connectivity index (χ4v) is 13.0. The van der Waals surface area contributed by atoms with E-state index in [9.17, 15) is 35.1 Å². The predicted molar refractivity (Wildman–Crippen MR) is 278 cm³/mol. The molecule has 70 heavy (non-hydrogen) atoms. The predicted octanol–water partition coefficient (Wildman–Crippen LogP) is 8.76. The summed E-state index contributed by atoms with van der Waals surface area (Å²) in [5.41, 5.74) is 20.3. The minimum absolute atomic E-state index is 0.0193. The molecule has 368 valence electrons. The Morgan fingerprint density at radius 3 is 2.49 bits per heavy atom. The van der Waals surface area contributed by atoms with Crippen LogP contribution >= 0.6 is 21.6 Å². The molecule has 1 aliphatic heterocycles. The third-order valence-corrected chi connectivity index (χ3v) is 16.9. The number of ketones is 2. The molecule has 0 radical (unpaired) electrons. The van der Waals surface area contributed by atoms with Crippen molar-refractivity contribution < 1.29 is 39.9 Å². The van der Waals surface area contributed by atoms with Crippen molar-refractivity contribution >= 4 is 33.2 Å². The van der Waals surface area contributed by atoms with E-state index >= 15 is 0 Å². The van der Waals surface area contributed by atoms with Crippen molar-refractivity contribution in [3.8, 4) is 29.1 Å². The number of nitrogens with one attached hydrogen (secondary N) is 1. The molecule has 6 atom stereocenters. The number of hydrogen-bond donors (Lipinski definition) is 8. The highest BCUT2D eigenvalue weighted by atomic mass is 33.1. The van der Waals surface area contributed by atoms with Gasteiger partial charge < -0.3 is 46.7 Å². The van der Waals surface area contributed by atoms with Crippen molar-refractivity contribution in [2.24, 2.45) is 28.7 Å². The maximum atomic E-state index is 14.2. The summed E-state index contributed by atoms with van der Waals surface area (Å²) in [6.45, 7) is -0.102. The second kappa shape index (κ2) is 23.7. The first-order valence-electron chi connectivity index (χ1n) is 24.5. The van der Waals surface area contributed by atoms with Gasteiger partial charge in [0.2, 0.25) is 0 Å². The number of phenols is 2. The van der Waals surface area contributed by atoms with Crippen LogP contribution in [0, 0.1) is 29.1 Å². The average molecular weight is 984 g/mol. The first-order valence-corrected chi connectivity index (χ1v) is 27.0. The van der Waals surface area contributed by atoms with Crippen LogP contribution in [-0.2, 0) is 36.2 Å². The number of aryl methyl sites for hydroxylation is 2. The molecule has 11 nitrogen and oxygen atoms in total. The topological polar surface area (TPSA) is 212 Å². The molecular weight excluding hydrogens is 919 g/mol. The normalized spacial score (nSPS) is 21.9. The molecule has 0 amide bonds. The molecular formula is C57H65N3O8S2. The largest absolute Gasteiger partial charge is 0.508 e. The van der Waals surface area contributed by atoms with Crippen LogP contribution in [0.25, 0.3) is 0 Å². The molecule has 1 fully saturated rings. The number of aromatic hydroxyl groups is 2. The number of benzene rings is 4. The first kappa shape index (κ1) is 51.1. The Hall–Kier alpha value is -5.30. The molecule has 5 aromatic rings.